The molecule has 114 valence electrons. The van der Waals surface area contributed by atoms with E-state index < -0.39 is 12.0 Å². The standard InChI is InChI=1S/C16H16N2O4/c1-10-7-8-11(15(19)20)9-13(10)18-16(21)17-12-5-3-4-6-14(12)22-2/h3-9H,1-2H3,(H,19,20)(H2,17,18,21). The number of carboxylic acid groups (broad SMARTS) is 1. The maximum absolute atomic E-state index is 12.1. The highest BCUT2D eigenvalue weighted by Crippen LogP contribution is 2.23. The minimum Gasteiger partial charge on any atom is -0.495 e. The number of carboxylic acids is 1. The number of hydrogen-bond donors (Lipinski definition) is 3. The van der Waals surface area contributed by atoms with Crippen LogP contribution >= 0.6 is 0 Å². The first-order valence-corrected chi connectivity index (χ1v) is 6.56. The van der Waals surface area contributed by atoms with Crippen LogP contribution < -0.4 is 15.4 Å². The summed E-state index contributed by atoms with van der Waals surface area (Å²) in [4.78, 5) is 23.0. The van der Waals surface area contributed by atoms with E-state index in [4.69, 9.17) is 9.84 Å². The zero-order valence-corrected chi connectivity index (χ0v) is 12.2. The zero-order chi connectivity index (χ0) is 16.1. The van der Waals surface area contributed by atoms with E-state index in [1.807, 2.05) is 0 Å². The van der Waals surface area contributed by atoms with Crippen LogP contribution in [0.1, 0.15) is 15.9 Å². The Bertz CT molecular complexity index is 713. The lowest BCUT2D eigenvalue weighted by Crippen LogP contribution is -2.20. The normalized spacial score (nSPS) is 9.91. The summed E-state index contributed by atoms with van der Waals surface area (Å²) in [6.45, 7) is 1.78. The van der Waals surface area contributed by atoms with E-state index >= 15 is 0 Å². The lowest BCUT2D eigenvalue weighted by molar-refractivity contribution is 0.0697. The van der Waals surface area contributed by atoms with E-state index in [0.717, 1.165) is 5.56 Å². The van der Waals surface area contributed by atoms with E-state index in [-0.39, 0.29) is 5.56 Å². The van der Waals surface area contributed by atoms with Crippen LogP contribution in [0.3, 0.4) is 0 Å². The summed E-state index contributed by atoms with van der Waals surface area (Å²) in [5, 5.41) is 14.3. The fraction of sp³-hybridized carbons (Fsp3) is 0.125. The van der Waals surface area contributed by atoms with Crippen molar-refractivity contribution in [2.45, 2.75) is 6.92 Å². The van der Waals surface area contributed by atoms with Gasteiger partial charge in [0, 0.05) is 5.69 Å². The smallest absolute Gasteiger partial charge is 0.335 e. The van der Waals surface area contributed by atoms with Gasteiger partial charge in [-0.15, -0.1) is 0 Å². The molecule has 0 unspecified atom stereocenters. The van der Waals surface area contributed by atoms with Crippen LogP contribution in [0.15, 0.2) is 42.5 Å². The van der Waals surface area contributed by atoms with Crippen LogP contribution in [-0.2, 0) is 0 Å². The number of carbonyl (C=O) groups is 2. The number of para-hydroxylation sites is 2. The summed E-state index contributed by atoms with van der Waals surface area (Å²) in [6, 6.07) is 11.1. The number of carbonyl (C=O) groups excluding carboxylic acids is 1. The first-order valence-electron chi connectivity index (χ1n) is 6.56. The second kappa shape index (κ2) is 6.62. The number of aromatic carboxylic acids is 1. The maximum atomic E-state index is 12.1. The fourth-order valence-corrected chi connectivity index (χ4v) is 1.91. The summed E-state index contributed by atoms with van der Waals surface area (Å²) in [5.41, 5.74) is 1.83. The van der Waals surface area contributed by atoms with Gasteiger partial charge in [-0.3, -0.25) is 0 Å². The van der Waals surface area contributed by atoms with Crippen LogP contribution in [0.25, 0.3) is 0 Å². The van der Waals surface area contributed by atoms with Crippen molar-refractivity contribution in [2.24, 2.45) is 0 Å². The molecule has 0 aliphatic heterocycles. The van der Waals surface area contributed by atoms with Crippen LogP contribution in [0.5, 0.6) is 5.75 Å². The number of nitrogens with one attached hydrogen (secondary N) is 2. The molecule has 22 heavy (non-hydrogen) atoms. The lowest BCUT2D eigenvalue weighted by atomic mass is 10.1. The van der Waals surface area contributed by atoms with Gasteiger partial charge in [-0.1, -0.05) is 18.2 Å². The van der Waals surface area contributed by atoms with Crippen LogP contribution in [-0.4, -0.2) is 24.2 Å². The molecule has 6 heteroatoms. The number of aryl methyl sites for hydroxylation is 1. The van der Waals surface area contributed by atoms with Gasteiger partial charge in [0.2, 0.25) is 0 Å². The number of urea groups is 1. The van der Waals surface area contributed by atoms with Crippen molar-refractivity contribution in [1.82, 2.24) is 0 Å². The highest BCUT2D eigenvalue weighted by Gasteiger charge is 2.10. The van der Waals surface area contributed by atoms with Crippen molar-refractivity contribution < 1.29 is 19.4 Å². The summed E-state index contributed by atoms with van der Waals surface area (Å²) >= 11 is 0. The van der Waals surface area contributed by atoms with E-state index in [9.17, 15) is 9.59 Å². The van der Waals surface area contributed by atoms with Gasteiger partial charge in [-0.2, -0.15) is 0 Å². The van der Waals surface area contributed by atoms with Crippen LogP contribution in [0.2, 0.25) is 0 Å². The maximum Gasteiger partial charge on any atom is 0.335 e. The van der Waals surface area contributed by atoms with E-state index in [1.165, 1.54) is 19.2 Å². The Labute approximate surface area is 127 Å². The second-order valence-electron chi connectivity index (χ2n) is 4.61. The molecule has 0 atom stereocenters. The molecule has 6 nitrogen and oxygen atoms in total. The van der Waals surface area contributed by atoms with E-state index in [2.05, 4.69) is 10.6 Å². The fourth-order valence-electron chi connectivity index (χ4n) is 1.91. The zero-order valence-electron chi connectivity index (χ0n) is 12.2. The van der Waals surface area contributed by atoms with E-state index in [0.29, 0.717) is 17.1 Å². The van der Waals surface area contributed by atoms with Gasteiger partial charge < -0.3 is 20.5 Å². The quantitative estimate of drug-likeness (QED) is 0.808. The Morgan fingerprint density at radius 3 is 2.41 bits per heavy atom. The molecule has 0 saturated carbocycles. The molecule has 0 aliphatic carbocycles. The van der Waals surface area contributed by atoms with Gasteiger partial charge in [0.25, 0.3) is 0 Å². The molecule has 2 aromatic carbocycles. The van der Waals surface area contributed by atoms with Crippen molar-refractivity contribution in [3.63, 3.8) is 0 Å². The molecule has 2 amide bonds. The Morgan fingerprint density at radius 2 is 1.73 bits per heavy atom. The number of hydrogen-bond acceptors (Lipinski definition) is 3. The van der Waals surface area contributed by atoms with Gasteiger partial charge >= 0.3 is 12.0 Å². The van der Waals surface area contributed by atoms with Gasteiger partial charge in [-0.05, 0) is 36.8 Å². The summed E-state index contributed by atoms with van der Waals surface area (Å²) in [6.07, 6.45) is 0. The number of benzene rings is 2. The molecule has 3 N–H and O–H groups in total. The molecule has 0 bridgehead atoms. The molecule has 0 spiro atoms. The number of amides is 2. The van der Waals surface area contributed by atoms with Crippen molar-refractivity contribution >= 4 is 23.4 Å². The molecular weight excluding hydrogens is 284 g/mol. The predicted octanol–water partition coefficient (Wildman–Crippen LogP) is 3.35. The van der Waals surface area contributed by atoms with Crippen molar-refractivity contribution in [2.75, 3.05) is 17.7 Å². The second-order valence-corrected chi connectivity index (χ2v) is 4.61. The number of methoxy groups -OCH3 is 1. The van der Waals surface area contributed by atoms with Gasteiger partial charge in [0.15, 0.2) is 0 Å². The summed E-state index contributed by atoms with van der Waals surface area (Å²) in [5.74, 6) is -0.512. The third kappa shape index (κ3) is 3.54. The number of ether oxygens (including phenoxy) is 1. The third-order valence-electron chi connectivity index (χ3n) is 3.09. The Morgan fingerprint density at radius 1 is 1.05 bits per heavy atom. The highest BCUT2D eigenvalue weighted by molar-refractivity contribution is 6.02. The monoisotopic (exact) mass is 300 g/mol. The molecule has 0 fully saturated rings. The average Bonchev–Trinajstić information content (AvgIpc) is 2.49. The molecule has 2 aromatic rings. The molecule has 0 saturated heterocycles. The summed E-state index contributed by atoms with van der Waals surface area (Å²) in [7, 11) is 1.51. The molecular formula is C16H16N2O4. The number of anilines is 2. The average molecular weight is 300 g/mol. The largest absolute Gasteiger partial charge is 0.495 e. The Balaban J connectivity index is 2.15. The first kappa shape index (κ1) is 15.4. The van der Waals surface area contributed by atoms with Crippen LogP contribution in [0, 0.1) is 6.92 Å². The van der Waals surface area contributed by atoms with Crippen LogP contribution in [0.4, 0.5) is 16.2 Å². The highest BCUT2D eigenvalue weighted by atomic mass is 16.5. The predicted molar refractivity (Wildman–Crippen MR) is 83.8 cm³/mol. The van der Waals surface area contributed by atoms with Gasteiger partial charge in [0.1, 0.15) is 5.75 Å². The molecule has 0 radical (unpaired) electrons. The summed E-state index contributed by atoms with van der Waals surface area (Å²) < 4.78 is 5.15. The minimum absolute atomic E-state index is 0.109. The van der Waals surface area contributed by atoms with Crippen molar-refractivity contribution in [1.29, 1.82) is 0 Å². The molecule has 0 heterocycles. The lowest BCUT2D eigenvalue weighted by Gasteiger charge is -2.12. The molecule has 0 aliphatic rings. The van der Waals surface area contributed by atoms with Gasteiger partial charge in [-0.25, -0.2) is 9.59 Å². The topological polar surface area (TPSA) is 87.7 Å². The van der Waals surface area contributed by atoms with Crippen molar-refractivity contribution in [3.8, 4) is 5.75 Å². The molecule has 2 rings (SSSR count). The Hall–Kier alpha value is -3.02. The Kier molecular flexibility index (Phi) is 4.63. The van der Waals surface area contributed by atoms with Gasteiger partial charge in [0.05, 0.1) is 18.4 Å². The SMILES string of the molecule is COc1ccccc1NC(=O)Nc1cc(C(=O)O)ccc1C. The minimum atomic E-state index is -1.05. The van der Waals surface area contributed by atoms with E-state index in [1.54, 1.807) is 37.3 Å². The van der Waals surface area contributed by atoms with Crippen molar-refractivity contribution in [3.05, 3.63) is 53.6 Å². The molecule has 0 aromatic heterocycles. The third-order valence-corrected chi connectivity index (χ3v) is 3.09. The first-order chi connectivity index (χ1) is 10.5. The number of rotatable bonds is 4.